The molecule has 0 radical (unpaired) electrons. The number of benzene rings is 1. The summed E-state index contributed by atoms with van der Waals surface area (Å²) in [4.78, 5) is 24.2. The van der Waals surface area contributed by atoms with Crippen LogP contribution in [0.25, 0.3) is 6.08 Å². The number of amides is 1. The van der Waals surface area contributed by atoms with Crippen LogP contribution in [-0.4, -0.2) is 24.0 Å². The Morgan fingerprint density at radius 1 is 1.14 bits per heavy atom. The summed E-state index contributed by atoms with van der Waals surface area (Å²) < 4.78 is 5.34. The first-order chi connectivity index (χ1) is 9.97. The maximum Gasteiger partial charge on any atom is 0.335 e. The third-order valence-corrected chi connectivity index (χ3v) is 2.98. The summed E-state index contributed by atoms with van der Waals surface area (Å²) in [6.45, 7) is 1.83. The average molecular weight is 285 g/mol. The van der Waals surface area contributed by atoms with Gasteiger partial charge in [-0.3, -0.25) is 4.79 Å². The summed E-state index contributed by atoms with van der Waals surface area (Å²) in [5, 5.41) is 8.83. The molecule has 5 heteroatoms. The minimum atomic E-state index is -0.997. The largest absolute Gasteiger partial charge is 0.478 e. The molecule has 21 heavy (non-hydrogen) atoms. The minimum Gasteiger partial charge on any atom is -0.478 e. The van der Waals surface area contributed by atoms with Crippen LogP contribution in [0.2, 0.25) is 0 Å². The number of carbonyl (C=O) groups excluding carboxylic acids is 1. The van der Waals surface area contributed by atoms with Crippen molar-refractivity contribution < 1.29 is 19.1 Å². The molecule has 0 saturated carbocycles. The fourth-order valence-electron chi connectivity index (χ4n) is 1.76. The van der Waals surface area contributed by atoms with Crippen LogP contribution in [0.4, 0.5) is 5.69 Å². The van der Waals surface area contributed by atoms with E-state index in [1.165, 1.54) is 23.1 Å². The van der Waals surface area contributed by atoms with Crippen LogP contribution in [0.1, 0.15) is 21.9 Å². The molecule has 0 fully saturated rings. The van der Waals surface area contributed by atoms with E-state index in [0.717, 1.165) is 5.76 Å². The van der Waals surface area contributed by atoms with Gasteiger partial charge in [-0.1, -0.05) is 0 Å². The van der Waals surface area contributed by atoms with Crippen molar-refractivity contribution in [3.05, 3.63) is 59.6 Å². The zero-order valence-electron chi connectivity index (χ0n) is 11.7. The van der Waals surface area contributed by atoms with Gasteiger partial charge in [-0.05, 0) is 49.4 Å². The molecule has 0 bridgehead atoms. The van der Waals surface area contributed by atoms with Gasteiger partial charge in [0.15, 0.2) is 0 Å². The molecular formula is C16H15NO4. The van der Waals surface area contributed by atoms with Gasteiger partial charge in [0.05, 0.1) is 5.56 Å². The van der Waals surface area contributed by atoms with Crippen molar-refractivity contribution in [1.82, 2.24) is 0 Å². The van der Waals surface area contributed by atoms with Crippen molar-refractivity contribution in [2.24, 2.45) is 0 Å². The molecule has 0 atom stereocenters. The van der Waals surface area contributed by atoms with Gasteiger partial charge in [0.25, 0.3) is 5.91 Å². The molecular weight excluding hydrogens is 270 g/mol. The van der Waals surface area contributed by atoms with Crippen LogP contribution in [-0.2, 0) is 4.79 Å². The van der Waals surface area contributed by atoms with Crippen LogP contribution in [0.15, 0.2) is 46.9 Å². The lowest BCUT2D eigenvalue weighted by atomic mass is 10.2. The van der Waals surface area contributed by atoms with Crippen molar-refractivity contribution in [3.63, 3.8) is 0 Å². The van der Waals surface area contributed by atoms with Crippen LogP contribution in [0, 0.1) is 6.92 Å². The molecule has 5 nitrogen and oxygen atoms in total. The Morgan fingerprint density at radius 2 is 1.81 bits per heavy atom. The number of carboxylic acid groups (broad SMARTS) is 1. The molecule has 1 N–H and O–H groups in total. The second-order valence-electron chi connectivity index (χ2n) is 4.53. The standard InChI is InChI=1S/C16H15NO4/c1-11-3-8-14(21-11)9-10-15(18)17(2)13-6-4-12(5-7-13)16(19)20/h3-10H,1-2H3,(H,19,20)/b10-9+. The lowest BCUT2D eigenvalue weighted by Crippen LogP contribution is -2.23. The van der Waals surface area contributed by atoms with Gasteiger partial charge in [-0.15, -0.1) is 0 Å². The van der Waals surface area contributed by atoms with Gasteiger partial charge in [0.1, 0.15) is 11.5 Å². The van der Waals surface area contributed by atoms with Crippen molar-refractivity contribution in [2.75, 3.05) is 11.9 Å². The molecule has 108 valence electrons. The number of furan rings is 1. The van der Waals surface area contributed by atoms with E-state index in [2.05, 4.69) is 0 Å². The number of aromatic carboxylic acids is 1. The Hall–Kier alpha value is -2.82. The first-order valence-corrected chi connectivity index (χ1v) is 6.33. The van der Waals surface area contributed by atoms with E-state index in [9.17, 15) is 9.59 Å². The Balaban J connectivity index is 2.08. The highest BCUT2D eigenvalue weighted by atomic mass is 16.4. The average Bonchev–Trinajstić information content (AvgIpc) is 2.89. The highest BCUT2D eigenvalue weighted by Gasteiger charge is 2.09. The van der Waals surface area contributed by atoms with Crippen LogP contribution >= 0.6 is 0 Å². The zero-order chi connectivity index (χ0) is 15.4. The van der Waals surface area contributed by atoms with Crippen molar-refractivity contribution >= 4 is 23.6 Å². The third-order valence-electron chi connectivity index (χ3n) is 2.98. The first kappa shape index (κ1) is 14.6. The van der Waals surface area contributed by atoms with E-state index in [4.69, 9.17) is 9.52 Å². The highest BCUT2D eigenvalue weighted by molar-refractivity contribution is 6.03. The zero-order valence-corrected chi connectivity index (χ0v) is 11.7. The van der Waals surface area contributed by atoms with Gasteiger partial charge >= 0.3 is 5.97 Å². The molecule has 0 aliphatic rings. The predicted octanol–water partition coefficient (Wildman–Crippen LogP) is 2.96. The van der Waals surface area contributed by atoms with E-state index in [1.807, 2.05) is 13.0 Å². The molecule has 1 heterocycles. The molecule has 2 aromatic rings. The van der Waals surface area contributed by atoms with Gasteiger partial charge in [0.2, 0.25) is 0 Å². The summed E-state index contributed by atoms with van der Waals surface area (Å²) in [6.07, 6.45) is 3.00. The number of hydrogen-bond acceptors (Lipinski definition) is 3. The summed E-state index contributed by atoms with van der Waals surface area (Å²) in [6, 6.07) is 9.69. The van der Waals surface area contributed by atoms with E-state index in [1.54, 1.807) is 31.3 Å². The number of hydrogen-bond donors (Lipinski definition) is 1. The lowest BCUT2D eigenvalue weighted by Gasteiger charge is -2.15. The number of carboxylic acids is 1. The Labute approximate surface area is 122 Å². The SMILES string of the molecule is Cc1ccc(/C=C/C(=O)N(C)c2ccc(C(=O)O)cc2)o1. The fraction of sp³-hybridized carbons (Fsp3) is 0.125. The topological polar surface area (TPSA) is 70.8 Å². The molecule has 0 saturated heterocycles. The normalized spacial score (nSPS) is 10.8. The van der Waals surface area contributed by atoms with E-state index in [-0.39, 0.29) is 11.5 Å². The molecule has 0 spiro atoms. The third kappa shape index (κ3) is 3.60. The number of carbonyl (C=O) groups is 2. The van der Waals surface area contributed by atoms with Crippen LogP contribution < -0.4 is 4.90 Å². The van der Waals surface area contributed by atoms with Crippen molar-refractivity contribution in [1.29, 1.82) is 0 Å². The molecule has 0 unspecified atom stereocenters. The molecule has 0 aliphatic carbocycles. The number of likely N-dealkylation sites (N-methyl/N-ethyl adjacent to an activating group) is 1. The number of anilines is 1. The Morgan fingerprint density at radius 3 is 2.33 bits per heavy atom. The van der Waals surface area contributed by atoms with Gasteiger partial charge in [-0.25, -0.2) is 4.79 Å². The smallest absolute Gasteiger partial charge is 0.335 e. The monoisotopic (exact) mass is 285 g/mol. The first-order valence-electron chi connectivity index (χ1n) is 6.33. The summed E-state index contributed by atoms with van der Waals surface area (Å²) in [7, 11) is 1.62. The predicted molar refractivity (Wildman–Crippen MR) is 79.3 cm³/mol. The quantitative estimate of drug-likeness (QED) is 0.877. The van der Waals surface area contributed by atoms with Crippen molar-refractivity contribution in [2.45, 2.75) is 6.92 Å². The maximum atomic E-state index is 12.0. The summed E-state index contributed by atoms with van der Waals surface area (Å²) in [5.41, 5.74) is 0.798. The molecule has 1 aromatic heterocycles. The van der Waals surface area contributed by atoms with Crippen LogP contribution in [0.3, 0.4) is 0 Å². The van der Waals surface area contributed by atoms with E-state index >= 15 is 0 Å². The van der Waals surface area contributed by atoms with Gasteiger partial charge in [0, 0.05) is 18.8 Å². The minimum absolute atomic E-state index is 0.182. The Kier molecular flexibility index (Phi) is 4.23. The van der Waals surface area contributed by atoms with Crippen LogP contribution in [0.5, 0.6) is 0 Å². The number of aryl methyl sites for hydroxylation is 1. The number of rotatable bonds is 4. The molecule has 1 aromatic carbocycles. The number of nitrogens with zero attached hydrogens (tertiary/aromatic N) is 1. The van der Waals surface area contributed by atoms with Crippen molar-refractivity contribution in [3.8, 4) is 0 Å². The molecule has 2 rings (SSSR count). The van der Waals surface area contributed by atoms with Gasteiger partial charge < -0.3 is 14.4 Å². The van der Waals surface area contributed by atoms with Gasteiger partial charge in [-0.2, -0.15) is 0 Å². The summed E-state index contributed by atoms with van der Waals surface area (Å²) in [5.74, 6) is 0.158. The van der Waals surface area contributed by atoms with E-state index < -0.39 is 5.97 Å². The Bertz CT molecular complexity index is 683. The second-order valence-corrected chi connectivity index (χ2v) is 4.53. The van der Waals surface area contributed by atoms with E-state index in [0.29, 0.717) is 11.4 Å². The highest BCUT2D eigenvalue weighted by Crippen LogP contribution is 2.15. The summed E-state index contributed by atoms with van der Waals surface area (Å²) >= 11 is 0. The molecule has 1 amide bonds. The maximum absolute atomic E-state index is 12.0. The second kappa shape index (κ2) is 6.09. The lowest BCUT2D eigenvalue weighted by molar-refractivity contribution is -0.113. The fourth-order valence-corrected chi connectivity index (χ4v) is 1.76. The molecule has 0 aliphatic heterocycles.